The molecular weight excluding hydrogens is 266 g/mol. The first-order chi connectivity index (χ1) is 9.79. The lowest BCUT2D eigenvalue weighted by Gasteiger charge is -2.37. The van der Waals surface area contributed by atoms with Gasteiger partial charge in [-0.05, 0) is 49.6 Å². The maximum atomic E-state index is 6.05. The van der Waals surface area contributed by atoms with E-state index in [1.54, 1.807) is 11.3 Å². The molecule has 1 saturated carbocycles. The second-order valence-corrected chi connectivity index (χ2v) is 6.68. The Morgan fingerprint density at radius 2 is 2.10 bits per heavy atom. The largest absolute Gasteiger partial charge is 0.353 e. The van der Waals surface area contributed by atoms with E-state index in [2.05, 4.69) is 29.3 Å². The van der Waals surface area contributed by atoms with Crippen LogP contribution in [0.15, 0.2) is 23.7 Å². The molecule has 0 aromatic carbocycles. The van der Waals surface area contributed by atoms with Crippen LogP contribution in [0.1, 0.15) is 39.0 Å². The average molecular weight is 289 g/mol. The van der Waals surface area contributed by atoms with Crippen LogP contribution >= 0.6 is 11.3 Å². The molecule has 4 heteroatoms. The first-order valence-electron chi connectivity index (χ1n) is 7.64. The summed E-state index contributed by atoms with van der Waals surface area (Å²) in [5, 5.41) is 3.47. The Morgan fingerprint density at radius 1 is 1.30 bits per heavy atom. The molecule has 108 valence electrons. The molecule has 1 fully saturated rings. The Morgan fingerprint density at radius 3 is 2.85 bits per heavy atom. The molecule has 20 heavy (non-hydrogen) atoms. The van der Waals surface area contributed by atoms with Gasteiger partial charge in [0, 0.05) is 34.9 Å². The second-order valence-electron chi connectivity index (χ2n) is 5.73. The summed E-state index contributed by atoms with van der Waals surface area (Å²) >= 11 is 1.80. The number of hydrogen-bond acceptors (Lipinski definition) is 4. The molecule has 0 amide bonds. The van der Waals surface area contributed by atoms with Crippen molar-refractivity contribution in [2.45, 2.75) is 51.1 Å². The Hall–Kier alpha value is -1.13. The molecule has 0 spiro atoms. The molecule has 1 aliphatic carbocycles. The van der Waals surface area contributed by atoms with Gasteiger partial charge in [0.2, 0.25) is 0 Å². The van der Waals surface area contributed by atoms with E-state index in [1.807, 2.05) is 6.20 Å². The first-order valence-corrected chi connectivity index (χ1v) is 8.52. The molecule has 0 saturated heterocycles. The van der Waals surface area contributed by atoms with Crippen molar-refractivity contribution in [1.82, 2.24) is 4.98 Å². The summed E-state index contributed by atoms with van der Waals surface area (Å²) in [5.41, 5.74) is 6.05. The van der Waals surface area contributed by atoms with Crippen molar-refractivity contribution in [2.24, 2.45) is 5.73 Å². The Bertz CT molecular complexity index is 558. The van der Waals surface area contributed by atoms with Gasteiger partial charge >= 0.3 is 0 Å². The highest BCUT2D eigenvalue weighted by atomic mass is 32.1. The minimum absolute atomic E-state index is 0.402. The van der Waals surface area contributed by atoms with Crippen LogP contribution in [0.3, 0.4) is 0 Å². The molecule has 0 radical (unpaired) electrons. The SMILES string of the molecule is CCCN(c1nccc2sccc12)C1CCC(N)CC1. The van der Waals surface area contributed by atoms with E-state index in [9.17, 15) is 0 Å². The summed E-state index contributed by atoms with van der Waals surface area (Å²) in [5.74, 6) is 1.17. The molecule has 2 heterocycles. The van der Waals surface area contributed by atoms with Gasteiger partial charge in [0.1, 0.15) is 5.82 Å². The van der Waals surface area contributed by atoms with Crippen molar-refractivity contribution < 1.29 is 0 Å². The zero-order valence-electron chi connectivity index (χ0n) is 12.1. The molecule has 1 aliphatic rings. The van der Waals surface area contributed by atoms with E-state index in [-0.39, 0.29) is 0 Å². The van der Waals surface area contributed by atoms with Gasteiger partial charge in [-0.25, -0.2) is 4.98 Å². The van der Waals surface area contributed by atoms with Crippen LogP contribution in [-0.2, 0) is 0 Å². The van der Waals surface area contributed by atoms with Crippen LogP contribution in [0, 0.1) is 0 Å². The van der Waals surface area contributed by atoms with Crippen LogP contribution < -0.4 is 10.6 Å². The van der Waals surface area contributed by atoms with Crippen LogP contribution in [0.2, 0.25) is 0 Å². The third-order valence-corrected chi connectivity index (χ3v) is 5.16. The Labute approximate surface area is 124 Å². The highest BCUT2D eigenvalue weighted by molar-refractivity contribution is 7.17. The zero-order chi connectivity index (χ0) is 13.9. The van der Waals surface area contributed by atoms with Crippen LogP contribution in [0.25, 0.3) is 10.1 Å². The van der Waals surface area contributed by atoms with E-state index in [4.69, 9.17) is 10.7 Å². The highest BCUT2D eigenvalue weighted by Gasteiger charge is 2.25. The van der Waals surface area contributed by atoms with Crippen molar-refractivity contribution in [1.29, 1.82) is 0 Å². The van der Waals surface area contributed by atoms with Crippen molar-refractivity contribution in [3.63, 3.8) is 0 Å². The summed E-state index contributed by atoms with van der Waals surface area (Å²) < 4.78 is 1.34. The maximum Gasteiger partial charge on any atom is 0.137 e. The van der Waals surface area contributed by atoms with E-state index < -0.39 is 0 Å². The fourth-order valence-electron chi connectivity index (χ4n) is 3.22. The van der Waals surface area contributed by atoms with Crippen LogP contribution in [-0.4, -0.2) is 23.6 Å². The van der Waals surface area contributed by atoms with Gasteiger partial charge < -0.3 is 10.6 Å². The van der Waals surface area contributed by atoms with Gasteiger partial charge in [-0.1, -0.05) is 6.92 Å². The van der Waals surface area contributed by atoms with E-state index >= 15 is 0 Å². The number of aromatic nitrogens is 1. The van der Waals surface area contributed by atoms with Crippen molar-refractivity contribution in [3.8, 4) is 0 Å². The van der Waals surface area contributed by atoms with Gasteiger partial charge in [0.05, 0.1) is 0 Å². The molecule has 2 aromatic rings. The number of fused-ring (bicyclic) bond motifs is 1. The molecular formula is C16H23N3S. The molecule has 3 nitrogen and oxygen atoms in total. The lowest BCUT2D eigenvalue weighted by Crippen LogP contribution is -2.41. The molecule has 0 aliphatic heterocycles. The van der Waals surface area contributed by atoms with Gasteiger partial charge in [0.15, 0.2) is 0 Å². The second kappa shape index (κ2) is 6.10. The van der Waals surface area contributed by atoms with Gasteiger partial charge in [0.25, 0.3) is 0 Å². The summed E-state index contributed by atoms with van der Waals surface area (Å²) in [4.78, 5) is 7.22. The zero-order valence-corrected chi connectivity index (χ0v) is 12.9. The molecule has 0 unspecified atom stereocenters. The number of rotatable bonds is 4. The minimum Gasteiger partial charge on any atom is -0.353 e. The summed E-state index contributed by atoms with van der Waals surface area (Å²) in [6, 6.07) is 5.33. The number of thiophene rings is 1. The topological polar surface area (TPSA) is 42.2 Å². The number of hydrogen-bond donors (Lipinski definition) is 1. The normalized spacial score (nSPS) is 23.1. The van der Waals surface area contributed by atoms with Crippen LogP contribution in [0.4, 0.5) is 5.82 Å². The molecule has 2 N–H and O–H groups in total. The molecule has 3 rings (SSSR count). The minimum atomic E-state index is 0.402. The fourth-order valence-corrected chi connectivity index (χ4v) is 4.00. The number of nitrogens with zero attached hydrogens (tertiary/aromatic N) is 2. The standard InChI is InChI=1S/C16H23N3S/c1-2-10-19(13-5-3-12(17)4-6-13)16-14-8-11-20-15(14)7-9-18-16/h7-9,11-13H,2-6,10,17H2,1H3. The van der Waals surface area contributed by atoms with E-state index in [1.165, 1.54) is 28.7 Å². The highest BCUT2D eigenvalue weighted by Crippen LogP contribution is 2.32. The third-order valence-electron chi connectivity index (χ3n) is 4.28. The maximum absolute atomic E-state index is 6.05. The van der Waals surface area contributed by atoms with Gasteiger partial charge in [-0.2, -0.15) is 0 Å². The van der Waals surface area contributed by atoms with Crippen molar-refractivity contribution >= 4 is 27.2 Å². The van der Waals surface area contributed by atoms with E-state index in [0.717, 1.165) is 25.8 Å². The molecule has 2 aromatic heterocycles. The van der Waals surface area contributed by atoms with Gasteiger partial charge in [-0.15, -0.1) is 11.3 Å². The summed E-state index contributed by atoms with van der Waals surface area (Å²) in [6.07, 6.45) is 7.79. The number of nitrogens with two attached hydrogens (primary N) is 1. The first kappa shape index (κ1) is 13.8. The van der Waals surface area contributed by atoms with Crippen molar-refractivity contribution in [3.05, 3.63) is 23.7 Å². The number of anilines is 1. The van der Waals surface area contributed by atoms with Crippen molar-refractivity contribution in [2.75, 3.05) is 11.4 Å². The lowest BCUT2D eigenvalue weighted by atomic mass is 9.90. The van der Waals surface area contributed by atoms with Gasteiger partial charge in [-0.3, -0.25) is 0 Å². The van der Waals surface area contributed by atoms with Crippen LogP contribution in [0.5, 0.6) is 0 Å². The molecule has 0 atom stereocenters. The predicted molar refractivity (Wildman–Crippen MR) is 87.5 cm³/mol. The summed E-state index contributed by atoms with van der Waals surface area (Å²) in [6.45, 7) is 3.33. The average Bonchev–Trinajstić information content (AvgIpc) is 2.94. The van der Waals surface area contributed by atoms with E-state index in [0.29, 0.717) is 12.1 Å². The Kier molecular flexibility index (Phi) is 4.22. The monoisotopic (exact) mass is 289 g/mol. The Balaban J connectivity index is 1.91. The molecule has 0 bridgehead atoms. The number of pyridine rings is 1. The fraction of sp³-hybridized carbons (Fsp3) is 0.562. The third kappa shape index (κ3) is 2.67. The summed E-state index contributed by atoms with van der Waals surface area (Å²) in [7, 11) is 0. The quantitative estimate of drug-likeness (QED) is 0.931. The lowest BCUT2D eigenvalue weighted by molar-refractivity contribution is 0.374. The smallest absolute Gasteiger partial charge is 0.137 e. The predicted octanol–water partition coefficient (Wildman–Crippen LogP) is 3.78.